The van der Waals surface area contributed by atoms with E-state index in [1.807, 2.05) is 24.3 Å². The molecule has 0 fully saturated rings. The van der Waals surface area contributed by atoms with Gasteiger partial charge in [0.1, 0.15) is 0 Å². The summed E-state index contributed by atoms with van der Waals surface area (Å²) >= 11 is 0. The summed E-state index contributed by atoms with van der Waals surface area (Å²) in [7, 11) is 0. The van der Waals surface area contributed by atoms with E-state index < -0.39 is 0 Å². The van der Waals surface area contributed by atoms with E-state index in [-0.39, 0.29) is 17.6 Å². The lowest BCUT2D eigenvalue weighted by Gasteiger charge is -2.01. The molecule has 0 aliphatic rings. The first-order valence-corrected chi connectivity index (χ1v) is 8.08. The second kappa shape index (κ2) is 9.13. The summed E-state index contributed by atoms with van der Waals surface area (Å²) in [5.41, 5.74) is 3.15. The summed E-state index contributed by atoms with van der Waals surface area (Å²) < 4.78 is 0. The Morgan fingerprint density at radius 1 is 0.654 bits per heavy atom. The van der Waals surface area contributed by atoms with Crippen LogP contribution in [-0.4, -0.2) is 17.6 Å². The normalized spacial score (nSPS) is 10.8. The number of nitrogens with one attached hydrogen (secondary N) is 2. The second-order valence-corrected chi connectivity index (χ2v) is 5.68. The molecule has 2 amide bonds. The third-order valence-electron chi connectivity index (χ3n) is 3.34. The van der Waals surface area contributed by atoms with Crippen LogP contribution in [0.4, 0.5) is 11.4 Å². The Kier molecular flexibility index (Phi) is 6.62. The summed E-state index contributed by atoms with van der Waals surface area (Å²) in [5.74, 6) is -0.390. The molecule has 0 saturated heterocycles. The minimum absolute atomic E-state index is 0.126. The van der Waals surface area contributed by atoms with E-state index in [2.05, 4.69) is 10.6 Å². The van der Waals surface area contributed by atoms with Crippen LogP contribution < -0.4 is 10.6 Å². The third kappa shape index (κ3) is 6.57. The van der Waals surface area contributed by atoms with Gasteiger partial charge < -0.3 is 10.6 Å². The molecular weight excluding hydrogens is 328 g/mol. The van der Waals surface area contributed by atoms with Crippen molar-refractivity contribution in [3.63, 3.8) is 0 Å². The van der Waals surface area contributed by atoms with Crippen molar-refractivity contribution in [2.24, 2.45) is 0 Å². The van der Waals surface area contributed by atoms with Crippen molar-refractivity contribution in [2.45, 2.75) is 13.8 Å². The molecule has 0 bridgehead atoms. The zero-order valence-corrected chi connectivity index (χ0v) is 14.7. The van der Waals surface area contributed by atoms with Gasteiger partial charge in [-0.15, -0.1) is 0 Å². The van der Waals surface area contributed by atoms with Gasteiger partial charge in [-0.3, -0.25) is 14.4 Å². The van der Waals surface area contributed by atoms with E-state index in [0.717, 1.165) is 11.1 Å². The number of ketones is 1. The standard InChI is InChI=1S/C21H20N2O3/c1-15(24)22-19-9-3-17(4-10-19)7-13-21(26)14-8-18-5-11-20(12-6-18)23-16(2)25/h3-14H,1-2H3,(H,22,24)(H,23,25)/b13-7+,14-8+. The van der Waals surface area contributed by atoms with Crippen molar-refractivity contribution in [1.82, 2.24) is 0 Å². The van der Waals surface area contributed by atoms with Crippen molar-refractivity contribution < 1.29 is 14.4 Å². The Morgan fingerprint density at radius 3 is 1.31 bits per heavy atom. The molecule has 5 nitrogen and oxygen atoms in total. The van der Waals surface area contributed by atoms with E-state index >= 15 is 0 Å². The van der Waals surface area contributed by atoms with Gasteiger partial charge >= 0.3 is 0 Å². The van der Waals surface area contributed by atoms with Gasteiger partial charge in [0.25, 0.3) is 0 Å². The highest BCUT2D eigenvalue weighted by Crippen LogP contribution is 2.12. The van der Waals surface area contributed by atoms with Gasteiger partial charge in [0, 0.05) is 25.2 Å². The first-order valence-electron chi connectivity index (χ1n) is 8.08. The molecule has 0 aromatic heterocycles. The number of rotatable bonds is 6. The number of amides is 2. The number of benzene rings is 2. The first kappa shape index (κ1) is 18.9. The van der Waals surface area contributed by atoms with Crippen LogP contribution >= 0.6 is 0 Å². The maximum Gasteiger partial charge on any atom is 0.221 e. The molecule has 5 heteroatoms. The summed E-state index contributed by atoms with van der Waals surface area (Å²) in [6.07, 6.45) is 6.39. The zero-order chi connectivity index (χ0) is 18.9. The highest BCUT2D eigenvalue weighted by molar-refractivity contribution is 6.04. The molecule has 26 heavy (non-hydrogen) atoms. The monoisotopic (exact) mass is 348 g/mol. The number of carbonyl (C=O) groups is 3. The topological polar surface area (TPSA) is 75.3 Å². The lowest BCUT2D eigenvalue weighted by Crippen LogP contribution is -2.05. The molecule has 0 aliphatic heterocycles. The number of allylic oxidation sites excluding steroid dienone is 2. The quantitative estimate of drug-likeness (QED) is 0.778. The van der Waals surface area contributed by atoms with Crippen molar-refractivity contribution in [1.29, 1.82) is 0 Å². The Hall–Kier alpha value is -3.47. The Morgan fingerprint density at radius 2 is 1.00 bits per heavy atom. The highest BCUT2D eigenvalue weighted by Gasteiger charge is 1.97. The molecule has 2 N–H and O–H groups in total. The summed E-state index contributed by atoms with van der Waals surface area (Å²) in [6.45, 7) is 2.90. The Balaban J connectivity index is 1.92. The molecule has 0 aliphatic carbocycles. The maximum absolute atomic E-state index is 11.9. The molecule has 0 atom stereocenters. The summed E-state index contributed by atoms with van der Waals surface area (Å²) in [4.78, 5) is 33.9. The van der Waals surface area contributed by atoms with Crippen molar-refractivity contribution >= 4 is 41.1 Å². The van der Waals surface area contributed by atoms with Gasteiger partial charge in [-0.05, 0) is 47.5 Å². The lowest BCUT2D eigenvalue weighted by atomic mass is 10.1. The summed E-state index contributed by atoms with van der Waals surface area (Å²) in [5, 5.41) is 5.37. The summed E-state index contributed by atoms with van der Waals surface area (Å²) in [6, 6.07) is 14.4. The Bertz CT molecular complexity index is 776. The molecule has 2 aromatic carbocycles. The molecule has 2 aromatic rings. The first-order chi connectivity index (χ1) is 12.4. The van der Waals surface area contributed by atoms with Crippen LogP contribution in [0, 0.1) is 0 Å². The van der Waals surface area contributed by atoms with Crippen molar-refractivity contribution in [3.05, 3.63) is 71.8 Å². The minimum atomic E-state index is -0.137. The van der Waals surface area contributed by atoms with E-state index in [0.29, 0.717) is 11.4 Å². The largest absolute Gasteiger partial charge is 0.326 e. The van der Waals surface area contributed by atoms with Gasteiger partial charge in [-0.1, -0.05) is 36.4 Å². The van der Waals surface area contributed by atoms with Crippen LogP contribution in [0.25, 0.3) is 12.2 Å². The van der Waals surface area contributed by atoms with Crippen LogP contribution in [0.5, 0.6) is 0 Å². The lowest BCUT2D eigenvalue weighted by molar-refractivity contribution is -0.115. The molecule has 0 spiro atoms. The number of carbonyl (C=O) groups excluding carboxylic acids is 3. The van der Waals surface area contributed by atoms with Crippen LogP contribution in [0.1, 0.15) is 25.0 Å². The van der Waals surface area contributed by atoms with E-state index in [4.69, 9.17) is 0 Å². The van der Waals surface area contributed by atoms with Gasteiger partial charge in [-0.25, -0.2) is 0 Å². The van der Waals surface area contributed by atoms with E-state index in [1.54, 1.807) is 36.4 Å². The van der Waals surface area contributed by atoms with Gasteiger partial charge in [0.15, 0.2) is 5.78 Å². The van der Waals surface area contributed by atoms with Crippen LogP contribution in [0.3, 0.4) is 0 Å². The highest BCUT2D eigenvalue weighted by atomic mass is 16.2. The zero-order valence-electron chi connectivity index (χ0n) is 14.7. The number of hydrogen-bond donors (Lipinski definition) is 2. The fraction of sp³-hybridized carbons (Fsp3) is 0.0952. The van der Waals surface area contributed by atoms with Crippen LogP contribution in [0.15, 0.2) is 60.7 Å². The molecule has 0 saturated carbocycles. The predicted molar refractivity (Wildman–Crippen MR) is 105 cm³/mol. The predicted octanol–water partition coefficient (Wildman–Crippen LogP) is 3.90. The van der Waals surface area contributed by atoms with Crippen molar-refractivity contribution in [2.75, 3.05) is 10.6 Å². The van der Waals surface area contributed by atoms with Crippen LogP contribution in [0.2, 0.25) is 0 Å². The molecule has 0 heterocycles. The van der Waals surface area contributed by atoms with E-state index in [1.165, 1.54) is 26.0 Å². The molecule has 0 unspecified atom stereocenters. The maximum atomic E-state index is 11.9. The van der Waals surface area contributed by atoms with Gasteiger partial charge in [-0.2, -0.15) is 0 Å². The fourth-order valence-corrected chi connectivity index (χ4v) is 2.17. The smallest absolute Gasteiger partial charge is 0.221 e. The average molecular weight is 348 g/mol. The van der Waals surface area contributed by atoms with Crippen molar-refractivity contribution in [3.8, 4) is 0 Å². The average Bonchev–Trinajstić information content (AvgIpc) is 2.59. The minimum Gasteiger partial charge on any atom is -0.326 e. The van der Waals surface area contributed by atoms with Crippen LogP contribution in [-0.2, 0) is 14.4 Å². The number of hydrogen-bond acceptors (Lipinski definition) is 3. The van der Waals surface area contributed by atoms with E-state index in [9.17, 15) is 14.4 Å². The molecular formula is C21H20N2O3. The number of anilines is 2. The SMILES string of the molecule is CC(=O)Nc1ccc(/C=C/C(=O)/C=C/c2ccc(NC(C)=O)cc2)cc1. The third-order valence-corrected chi connectivity index (χ3v) is 3.34. The van der Waals surface area contributed by atoms with Gasteiger partial charge in [0.2, 0.25) is 11.8 Å². The Labute approximate surface area is 152 Å². The molecule has 2 rings (SSSR count). The second-order valence-electron chi connectivity index (χ2n) is 5.68. The molecule has 132 valence electrons. The fourth-order valence-electron chi connectivity index (χ4n) is 2.17. The van der Waals surface area contributed by atoms with Gasteiger partial charge in [0.05, 0.1) is 0 Å². The molecule has 0 radical (unpaired) electrons.